The van der Waals surface area contributed by atoms with Crippen molar-refractivity contribution < 1.29 is 13.9 Å². The SMILES string of the molecule is CN=C(NCc1cc(C(=O)OC)c(C)o1)NCC(C)c1ccsc1.I. The van der Waals surface area contributed by atoms with Gasteiger partial charge in [-0.2, -0.15) is 11.3 Å². The molecule has 0 saturated carbocycles. The van der Waals surface area contributed by atoms with Gasteiger partial charge in [0.2, 0.25) is 0 Å². The Hall–Kier alpha value is -1.55. The lowest BCUT2D eigenvalue weighted by Gasteiger charge is -2.14. The molecule has 0 aliphatic carbocycles. The number of hydrogen-bond donors (Lipinski definition) is 2. The Balaban J connectivity index is 0.00000312. The fraction of sp³-hybridized carbons (Fsp3) is 0.412. The van der Waals surface area contributed by atoms with Gasteiger partial charge in [0.25, 0.3) is 0 Å². The fourth-order valence-electron chi connectivity index (χ4n) is 2.26. The van der Waals surface area contributed by atoms with Gasteiger partial charge in [0.1, 0.15) is 17.1 Å². The van der Waals surface area contributed by atoms with E-state index in [0.29, 0.717) is 35.5 Å². The van der Waals surface area contributed by atoms with E-state index in [4.69, 9.17) is 9.15 Å². The Labute approximate surface area is 169 Å². The fourth-order valence-corrected chi connectivity index (χ4v) is 3.04. The van der Waals surface area contributed by atoms with E-state index in [-0.39, 0.29) is 24.0 Å². The van der Waals surface area contributed by atoms with Crippen LogP contribution in [0.2, 0.25) is 0 Å². The summed E-state index contributed by atoms with van der Waals surface area (Å²) in [6, 6.07) is 3.82. The standard InChI is InChI=1S/C17H23N3O3S.HI/c1-11(13-5-6-24-10-13)8-19-17(18-3)20-9-14-7-15(12(2)23-14)16(21)22-4;/h5-7,10-11H,8-9H2,1-4H3,(H2,18,19,20);1H. The third kappa shape index (κ3) is 6.03. The van der Waals surface area contributed by atoms with Crippen LogP contribution in [0.4, 0.5) is 0 Å². The van der Waals surface area contributed by atoms with E-state index < -0.39 is 5.97 Å². The molecule has 0 saturated heterocycles. The Kier molecular flexibility index (Phi) is 8.98. The zero-order valence-electron chi connectivity index (χ0n) is 14.8. The molecule has 2 aromatic heterocycles. The number of methoxy groups -OCH3 is 1. The van der Waals surface area contributed by atoms with Gasteiger partial charge in [-0.25, -0.2) is 4.79 Å². The summed E-state index contributed by atoms with van der Waals surface area (Å²) < 4.78 is 10.3. The van der Waals surface area contributed by atoms with Crippen molar-refractivity contribution in [3.63, 3.8) is 0 Å². The maximum absolute atomic E-state index is 11.6. The number of carbonyl (C=O) groups is 1. The van der Waals surface area contributed by atoms with Gasteiger partial charge in [0.05, 0.1) is 13.7 Å². The Morgan fingerprint density at radius 2 is 2.20 bits per heavy atom. The van der Waals surface area contributed by atoms with Gasteiger partial charge in [0.15, 0.2) is 5.96 Å². The van der Waals surface area contributed by atoms with Gasteiger partial charge in [0, 0.05) is 13.6 Å². The van der Waals surface area contributed by atoms with E-state index in [1.165, 1.54) is 12.7 Å². The van der Waals surface area contributed by atoms with Crippen molar-refractivity contribution in [3.05, 3.63) is 45.5 Å². The van der Waals surface area contributed by atoms with Gasteiger partial charge in [-0.05, 0) is 41.3 Å². The molecule has 2 aromatic rings. The van der Waals surface area contributed by atoms with Crippen molar-refractivity contribution in [2.24, 2.45) is 4.99 Å². The number of rotatable bonds is 6. The number of aliphatic imine (C=N–C) groups is 1. The van der Waals surface area contributed by atoms with Crippen molar-refractivity contribution in [2.45, 2.75) is 26.3 Å². The van der Waals surface area contributed by atoms with E-state index in [1.807, 2.05) is 0 Å². The number of nitrogens with zero attached hydrogens (tertiary/aromatic N) is 1. The minimum atomic E-state index is -0.394. The molecule has 0 amide bonds. The number of ether oxygens (including phenoxy) is 1. The lowest BCUT2D eigenvalue weighted by atomic mass is 10.1. The summed E-state index contributed by atoms with van der Waals surface area (Å²) in [5, 5.41) is 10.7. The number of hydrogen-bond acceptors (Lipinski definition) is 5. The van der Waals surface area contributed by atoms with Crippen LogP contribution in [0.15, 0.2) is 32.3 Å². The summed E-state index contributed by atoms with van der Waals surface area (Å²) >= 11 is 1.70. The number of halogens is 1. The summed E-state index contributed by atoms with van der Waals surface area (Å²) in [6.45, 7) is 5.12. The summed E-state index contributed by atoms with van der Waals surface area (Å²) in [4.78, 5) is 15.8. The number of aryl methyl sites for hydroxylation is 1. The molecule has 6 nitrogen and oxygen atoms in total. The number of carbonyl (C=O) groups excluding carboxylic acids is 1. The normalized spacial score (nSPS) is 12.2. The molecule has 1 atom stereocenters. The molecule has 0 spiro atoms. The second-order valence-electron chi connectivity index (χ2n) is 5.44. The van der Waals surface area contributed by atoms with Crippen LogP contribution in [-0.2, 0) is 11.3 Å². The molecule has 2 N–H and O–H groups in total. The molecule has 0 aromatic carbocycles. The highest BCUT2D eigenvalue weighted by molar-refractivity contribution is 14.0. The largest absolute Gasteiger partial charge is 0.465 e. The first-order valence-corrected chi connectivity index (χ1v) is 8.63. The number of nitrogens with one attached hydrogen (secondary N) is 2. The van der Waals surface area contributed by atoms with Crippen LogP contribution in [0.5, 0.6) is 0 Å². The molecular formula is C17H24IN3O3S. The number of thiophene rings is 1. The zero-order valence-corrected chi connectivity index (χ0v) is 17.9. The summed E-state index contributed by atoms with van der Waals surface area (Å²) in [6.07, 6.45) is 0. The van der Waals surface area contributed by atoms with Gasteiger partial charge < -0.3 is 19.8 Å². The number of esters is 1. The molecule has 0 fully saturated rings. The van der Waals surface area contributed by atoms with Crippen LogP contribution in [-0.4, -0.2) is 32.6 Å². The summed E-state index contributed by atoms with van der Waals surface area (Å²) in [5.74, 6) is 1.89. The highest BCUT2D eigenvalue weighted by Crippen LogP contribution is 2.17. The second kappa shape index (κ2) is 10.4. The predicted octanol–water partition coefficient (Wildman–Crippen LogP) is 3.52. The van der Waals surface area contributed by atoms with Crippen molar-refractivity contribution in [1.29, 1.82) is 0 Å². The highest BCUT2D eigenvalue weighted by Gasteiger charge is 2.15. The van der Waals surface area contributed by atoms with E-state index >= 15 is 0 Å². The van der Waals surface area contributed by atoms with Crippen LogP contribution in [0.3, 0.4) is 0 Å². The maximum Gasteiger partial charge on any atom is 0.341 e. The first-order chi connectivity index (χ1) is 11.5. The smallest absolute Gasteiger partial charge is 0.341 e. The van der Waals surface area contributed by atoms with Gasteiger partial charge in [-0.1, -0.05) is 6.92 Å². The third-order valence-corrected chi connectivity index (χ3v) is 4.42. The molecule has 0 bridgehead atoms. The van der Waals surface area contributed by atoms with E-state index in [0.717, 1.165) is 6.54 Å². The van der Waals surface area contributed by atoms with Crippen molar-refractivity contribution in [3.8, 4) is 0 Å². The van der Waals surface area contributed by atoms with Crippen LogP contribution in [0.25, 0.3) is 0 Å². The molecule has 0 radical (unpaired) electrons. The molecule has 2 heterocycles. The summed E-state index contributed by atoms with van der Waals surface area (Å²) in [5.41, 5.74) is 1.76. The minimum Gasteiger partial charge on any atom is -0.465 e. The van der Waals surface area contributed by atoms with E-state index in [1.54, 1.807) is 31.4 Å². The lowest BCUT2D eigenvalue weighted by Crippen LogP contribution is -2.38. The second-order valence-corrected chi connectivity index (χ2v) is 6.22. The molecular weight excluding hydrogens is 453 g/mol. The molecule has 0 aliphatic heterocycles. The monoisotopic (exact) mass is 477 g/mol. The van der Waals surface area contributed by atoms with Gasteiger partial charge >= 0.3 is 5.97 Å². The minimum absolute atomic E-state index is 0. The third-order valence-electron chi connectivity index (χ3n) is 3.72. The molecule has 1 unspecified atom stereocenters. The first-order valence-electron chi connectivity index (χ1n) is 7.69. The Morgan fingerprint density at radius 1 is 1.44 bits per heavy atom. The highest BCUT2D eigenvalue weighted by atomic mass is 127. The molecule has 0 aliphatic rings. The average molecular weight is 477 g/mol. The average Bonchev–Trinajstić information content (AvgIpc) is 3.24. The number of guanidine groups is 1. The lowest BCUT2D eigenvalue weighted by molar-refractivity contribution is 0.0599. The quantitative estimate of drug-likeness (QED) is 0.288. The van der Waals surface area contributed by atoms with Gasteiger partial charge in [-0.3, -0.25) is 4.99 Å². The first kappa shape index (κ1) is 21.5. The van der Waals surface area contributed by atoms with Crippen LogP contribution in [0, 0.1) is 6.92 Å². The predicted molar refractivity (Wildman–Crippen MR) is 111 cm³/mol. The Bertz CT molecular complexity index is 698. The summed E-state index contributed by atoms with van der Waals surface area (Å²) in [7, 11) is 3.07. The van der Waals surface area contributed by atoms with E-state index in [2.05, 4.69) is 39.4 Å². The maximum atomic E-state index is 11.6. The van der Waals surface area contributed by atoms with Crippen molar-refractivity contribution >= 4 is 47.2 Å². The molecule has 25 heavy (non-hydrogen) atoms. The van der Waals surface area contributed by atoms with Crippen molar-refractivity contribution in [1.82, 2.24) is 10.6 Å². The van der Waals surface area contributed by atoms with Crippen LogP contribution < -0.4 is 10.6 Å². The Morgan fingerprint density at radius 3 is 2.80 bits per heavy atom. The molecule has 8 heteroatoms. The van der Waals surface area contributed by atoms with Crippen LogP contribution in [0.1, 0.15) is 40.3 Å². The molecule has 138 valence electrons. The van der Waals surface area contributed by atoms with Crippen LogP contribution >= 0.6 is 35.3 Å². The zero-order chi connectivity index (χ0) is 17.5. The van der Waals surface area contributed by atoms with Gasteiger partial charge in [-0.15, -0.1) is 24.0 Å². The topological polar surface area (TPSA) is 75.9 Å². The van der Waals surface area contributed by atoms with E-state index in [9.17, 15) is 4.79 Å². The molecule has 2 rings (SSSR count). The number of furan rings is 1. The van der Waals surface area contributed by atoms with Crippen molar-refractivity contribution in [2.75, 3.05) is 20.7 Å².